The molecular formula is C11H19N3S. The highest BCUT2D eigenvalue weighted by Gasteiger charge is 2.23. The quantitative estimate of drug-likeness (QED) is 0.833. The van der Waals surface area contributed by atoms with Crippen molar-refractivity contribution in [2.45, 2.75) is 32.2 Å². The van der Waals surface area contributed by atoms with Crippen LogP contribution in [0.4, 0.5) is 0 Å². The smallest absolute Gasteiger partial charge is 0.107 e. The molecule has 0 amide bonds. The molecular weight excluding hydrogens is 206 g/mol. The Morgan fingerprint density at radius 3 is 3.00 bits per heavy atom. The average Bonchev–Trinajstić information content (AvgIpc) is 2.60. The molecule has 2 rings (SSSR count). The summed E-state index contributed by atoms with van der Waals surface area (Å²) in [5.41, 5.74) is 6.92. The van der Waals surface area contributed by atoms with Crippen molar-refractivity contribution in [3.05, 3.63) is 15.6 Å². The minimum Gasteiger partial charge on any atom is -0.325 e. The van der Waals surface area contributed by atoms with Crippen LogP contribution in [0.1, 0.15) is 34.3 Å². The van der Waals surface area contributed by atoms with Crippen molar-refractivity contribution in [1.29, 1.82) is 0 Å². The molecule has 1 aromatic heterocycles. The van der Waals surface area contributed by atoms with Gasteiger partial charge in [-0.15, -0.1) is 11.3 Å². The van der Waals surface area contributed by atoms with E-state index in [2.05, 4.69) is 23.9 Å². The van der Waals surface area contributed by atoms with E-state index in [9.17, 15) is 0 Å². The second kappa shape index (κ2) is 4.60. The topological polar surface area (TPSA) is 42.1 Å². The molecule has 84 valence electrons. The Labute approximate surface area is 95.3 Å². The van der Waals surface area contributed by atoms with Crippen LogP contribution in [-0.2, 0) is 6.54 Å². The Balaban J connectivity index is 2.16. The van der Waals surface area contributed by atoms with E-state index in [0.29, 0.717) is 12.5 Å². The van der Waals surface area contributed by atoms with Crippen LogP contribution in [0.15, 0.2) is 0 Å². The fourth-order valence-corrected chi connectivity index (χ4v) is 3.22. The van der Waals surface area contributed by atoms with Gasteiger partial charge in [-0.2, -0.15) is 0 Å². The molecule has 0 radical (unpaired) electrons. The number of hydrogen-bond donors (Lipinski definition) is 1. The highest BCUT2D eigenvalue weighted by Crippen LogP contribution is 2.30. The van der Waals surface area contributed by atoms with Gasteiger partial charge in [-0.25, -0.2) is 4.98 Å². The summed E-state index contributed by atoms with van der Waals surface area (Å²) in [5.74, 6) is 0.625. The third kappa shape index (κ3) is 2.38. The largest absolute Gasteiger partial charge is 0.325 e. The molecule has 3 nitrogen and oxygen atoms in total. The Kier molecular flexibility index (Phi) is 3.38. The number of nitrogens with zero attached hydrogens (tertiary/aromatic N) is 2. The predicted molar refractivity (Wildman–Crippen MR) is 64.2 cm³/mol. The van der Waals surface area contributed by atoms with E-state index in [1.54, 1.807) is 11.3 Å². The van der Waals surface area contributed by atoms with Crippen LogP contribution >= 0.6 is 11.3 Å². The molecule has 0 aliphatic carbocycles. The Morgan fingerprint density at radius 1 is 1.60 bits per heavy atom. The Morgan fingerprint density at radius 2 is 2.40 bits per heavy atom. The molecule has 1 aromatic rings. The third-order valence-electron chi connectivity index (χ3n) is 3.06. The van der Waals surface area contributed by atoms with E-state index in [1.165, 1.54) is 30.0 Å². The van der Waals surface area contributed by atoms with Crippen LogP contribution in [0.2, 0.25) is 0 Å². The van der Waals surface area contributed by atoms with Gasteiger partial charge in [0.1, 0.15) is 5.01 Å². The SMILES string of the molecule is Cc1sc(CN)nc1C1CCCN(C)C1. The number of rotatable bonds is 2. The van der Waals surface area contributed by atoms with Crippen LogP contribution in [0.25, 0.3) is 0 Å². The van der Waals surface area contributed by atoms with Crippen LogP contribution in [0.3, 0.4) is 0 Å². The van der Waals surface area contributed by atoms with Crippen molar-refractivity contribution in [1.82, 2.24) is 9.88 Å². The first-order valence-corrected chi connectivity index (χ1v) is 6.37. The summed E-state index contributed by atoms with van der Waals surface area (Å²) in [7, 11) is 2.19. The molecule has 1 saturated heterocycles. The summed E-state index contributed by atoms with van der Waals surface area (Å²) in [6, 6.07) is 0. The van der Waals surface area contributed by atoms with Gasteiger partial charge in [-0.3, -0.25) is 0 Å². The molecule has 0 saturated carbocycles. The van der Waals surface area contributed by atoms with E-state index >= 15 is 0 Å². The number of piperidine rings is 1. The minimum absolute atomic E-state index is 0.577. The maximum atomic E-state index is 5.63. The summed E-state index contributed by atoms with van der Waals surface area (Å²) in [4.78, 5) is 8.41. The van der Waals surface area contributed by atoms with E-state index in [-0.39, 0.29) is 0 Å². The van der Waals surface area contributed by atoms with E-state index < -0.39 is 0 Å². The van der Waals surface area contributed by atoms with Gasteiger partial charge >= 0.3 is 0 Å². The van der Waals surface area contributed by atoms with Gasteiger partial charge in [0.2, 0.25) is 0 Å². The highest BCUT2D eigenvalue weighted by molar-refractivity contribution is 7.11. The van der Waals surface area contributed by atoms with Crippen molar-refractivity contribution in [3.63, 3.8) is 0 Å². The number of aromatic nitrogens is 1. The lowest BCUT2D eigenvalue weighted by Gasteiger charge is -2.29. The maximum Gasteiger partial charge on any atom is 0.107 e. The molecule has 2 heterocycles. The van der Waals surface area contributed by atoms with Gasteiger partial charge in [-0.1, -0.05) is 0 Å². The number of nitrogens with two attached hydrogens (primary N) is 1. The fourth-order valence-electron chi connectivity index (χ4n) is 2.32. The maximum absolute atomic E-state index is 5.63. The molecule has 1 atom stereocenters. The summed E-state index contributed by atoms with van der Waals surface area (Å²) in [6.07, 6.45) is 2.56. The first-order chi connectivity index (χ1) is 7.20. The molecule has 1 fully saturated rings. The zero-order chi connectivity index (χ0) is 10.8. The molecule has 1 aliphatic heterocycles. The van der Waals surface area contributed by atoms with Gasteiger partial charge in [0.05, 0.1) is 5.69 Å². The monoisotopic (exact) mass is 225 g/mol. The lowest BCUT2D eigenvalue weighted by Crippen LogP contribution is -2.31. The van der Waals surface area contributed by atoms with Crippen molar-refractivity contribution >= 4 is 11.3 Å². The standard InChI is InChI=1S/C11H19N3S/c1-8-11(13-10(6-12)15-8)9-4-3-5-14(2)7-9/h9H,3-7,12H2,1-2H3. The van der Waals surface area contributed by atoms with Crippen LogP contribution in [0.5, 0.6) is 0 Å². The lowest BCUT2D eigenvalue weighted by molar-refractivity contribution is 0.248. The van der Waals surface area contributed by atoms with E-state index in [0.717, 1.165) is 11.6 Å². The van der Waals surface area contributed by atoms with Gasteiger partial charge in [-0.05, 0) is 33.4 Å². The van der Waals surface area contributed by atoms with Gasteiger partial charge in [0, 0.05) is 23.9 Å². The molecule has 0 spiro atoms. The molecule has 0 aromatic carbocycles. The molecule has 15 heavy (non-hydrogen) atoms. The average molecular weight is 225 g/mol. The number of thiazole rings is 1. The van der Waals surface area contributed by atoms with Crippen molar-refractivity contribution in [3.8, 4) is 0 Å². The number of aryl methyl sites for hydroxylation is 1. The first kappa shape index (κ1) is 11.0. The second-order valence-electron chi connectivity index (χ2n) is 4.35. The number of likely N-dealkylation sites (N-methyl/N-ethyl adjacent to an activating group) is 1. The van der Waals surface area contributed by atoms with Gasteiger partial charge < -0.3 is 10.6 Å². The second-order valence-corrected chi connectivity index (χ2v) is 5.64. The zero-order valence-electron chi connectivity index (χ0n) is 9.49. The summed E-state index contributed by atoms with van der Waals surface area (Å²) < 4.78 is 0. The van der Waals surface area contributed by atoms with E-state index in [4.69, 9.17) is 5.73 Å². The summed E-state index contributed by atoms with van der Waals surface area (Å²) in [5, 5.41) is 1.08. The molecule has 1 unspecified atom stereocenters. The lowest BCUT2D eigenvalue weighted by atomic mass is 9.94. The predicted octanol–water partition coefficient (Wildman–Crippen LogP) is 1.72. The summed E-state index contributed by atoms with van der Waals surface area (Å²) in [6.45, 7) is 5.12. The first-order valence-electron chi connectivity index (χ1n) is 5.55. The third-order valence-corrected chi connectivity index (χ3v) is 4.07. The Bertz CT molecular complexity index is 335. The zero-order valence-corrected chi connectivity index (χ0v) is 10.3. The normalized spacial score (nSPS) is 23.3. The van der Waals surface area contributed by atoms with Crippen LogP contribution < -0.4 is 5.73 Å². The van der Waals surface area contributed by atoms with Gasteiger partial charge in [0.25, 0.3) is 0 Å². The van der Waals surface area contributed by atoms with Crippen LogP contribution in [-0.4, -0.2) is 30.0 Å². The van der Waals surface area contributed by atoms with Crippen molar-refractivity contribution < 1.29 is 0 Å². The van der Waals surface area contributed by atoms with Gasteiger partial charge in [0.15, 0.2) is 0 Å². The Hall–Kier alpha value is -0.450. The number of hydrogen-bond acceptors (Lipinski definition) is 4. The highest BCUT2D eigenvalue weighted by atomic mass is 32.1. The fraction of sp³-hybridized carbons (Fsp3) is 0.727. The number of likely N-dealkylation sites (tertiary alicyclic amines) is 1. The summed E-state index contributed by atoms with van der Waals surface area (Å²) >= 11 is 1.75. The molecule has 0 bridgehead atoms. The minimum atomic E-state index is 0.577. The van der Waals surface area contributed by atoms with Crippen molar-refractivity contribution in [2.24, 2.45) is 5.73 Å². The van der Waals surface area contributed by atoms with E-state index in [1.807, 2.05) is 0 Å². The molecule has 4 heteroatoms. The van der Waals surface area contributed by atoms with Crippen LogP contribution in [0, 0.1) is 6.92 Å². The molecule has 2 N–H and O–H groups in total. The molecule has 1 aliphatic rings. The van der Waals surface area contributed by atoms with Crippen molar-refractivity contribution in [2.75, 3.05) is 20.1 Å².